The molecule has 2 aromatic rings. The summed E-state index contributed by atoms with van der Waals surface area (Å²) in [6.07, 6.45) is -0.860. The van der Waals surface area contributed by atoms with Crippen LogP contribution >= 0.6 is 11.3 Å². The summed E-state index contributed by atoms with van der Waals surface area (Å²) in [5.41, 5.74) is 12.3. The third-order valence-electron chi connectivity index (χ3n) is 3.27. The number of aromatic nitrogens is 1. The number of thiazole rings is 1. The average molecular weight is 339 g/mol. The van der Waals surface area contributed by atoms with Gasteiger partial charge < -0.3 is 11.5 Å². The molecule has 2 heterocycles. The molecule has 1 aliphatic rings. The Labute approximate surface area is 133 Å². The highest BCUT2D eigenvalue weighted by Crippen LogP contribution is 2.34. The van der Waals surface area contributed by atoms with Crippen LogP contribution in [0.15, 0.2) is 47.7 Å². The largest absolute Gasteiger partial charge is 0.412 e. The van der Waals surface area contributed by atoms with Crippen LogP contribution in [-0.4, -0.2) is 23.2 Å². The zero-order chi connectivity index (χ0) is 16.6. The highest BCUT2D eigenvalue weighted by atomic mass is 32.1. The quantitative estimate of drug-likeness (QED) is 0.881. The predicted molar refractivity (Wildman–Crippen MR) is 85.0 cm³/mol. The van der Waals surface area contributed by atoms with Gasteiger partial charge in [0.1, 0.15) is 0 Å². The Kier molecular flexibility index (Phi) is 3.72. The van der Waals surface area contributed by atoms with E-state index in [1.807, 2.05) is 0 Å². The van der Waals surface area contributed by atoms with Crippen molar-refractivity contribution in [1.82, 2.24) is 4.98 Å². The standard InChI is InChI=1S/C14H12F3N5S/c15-14(16,17)11-4-5-20-12(18)22(11)9-3-1-2-8(6-9)10-7-21-13(19)23-10/h1-7,11H,(H2,18,20)(H2,19,21). The molecule has 9 heteroatoms. The molecular weight excluding hydrogens is 327 g/mol. The topological polar surface area (TPSA) is 80.5 Å². The monoisotopic (exact) mass is 339 g/mol. The number of anilines is 2. The second kappa shape index (κ2) is 5.58. The molecular formula is C14H12F3N5S. The number of nitrogens with two attached hydrogens (primary N) is 2. The van der Waals surface area contributed by atoms with Crippen LogP contribution in [0.25, 0.3) is 10.4 Å². The summed E-state index contributed by atoms with van der Waals surface area (Å²) >= 11 is 1.25. The first-order valence-electron chi connectivity index (χ1n) is 6.54. The van der Waals surface area contributed by atoms with Gasteiger partial charge in [0.15, 0.2) is 11.2 Å². The van der Waals surface area contributed by atoms with Crippen LogP contribution in [0, 0.1) is 0 Å². The normalized spacial score (nSPS) is 18.1. The van der Waals surface area contributed by atoms with Crippen molar-refractivity contribution in [2.45, 2.75) is 12.2 Å². The van der Waals surface area contributed by atoms with Crippen molar-refractivity contribution >= 4 is 28.1 Å². The lowest BCUT2D eigenvalue weighted by molar-refractivity contribution is -0.136. The molecule has 1 atom stereocenters. The van der Waals surface area contributed by atoms with Crippen LogP contribution in [0.4, 0.5) is 24.0 Å². The molecule has 0 radical (unpaired) electrons. The van der Waals surface area contributed by atoms with E-state index in [0.717, 1.165) is 22.1 Å². The van der Waals surface area contributed by atoms with Gasteiger partial charge in [0.2, 0.25) is 5.96 Å². The van der Waals surface area contributed by atoms with Crippen molar-refractivity contribution in [3.63, 3.8) is 0 Å². The lowest BCUT2D eigenvalue weighted by atomic mass is 10.1. The van der Waals surface area contributed by atoms with Crippen LogP contribution in [0.3, 0.4) is 0 Å². The first-order chi connectivity index (χ1) is 10.9. The summed E-state index contributed by atoms with van der Waals surface area (Å²) in [6, 6.07) is 4.72. The molecule has 120 valence electrons. The van der Waals surface area contributed by atoms with E-state index < -0.39 is 12.2 Å². The summed E-state index contributed by atoms with van der Waals surface area (Å²) in [6.45, 7) is 0. The summed E-state index contributed by atoms with van der Waals surface area (Å²) in [5, 5.41) is 0.389. The van der Waals surface area contributed by atoms with Gasteiger partial charge in [0.25, 0.3) is 0 Å². The molecule has 0 amide bonds. The molecule has 0 saturated carbocycles. The highest BCUT2D eigenvalue weighted by molar-refractivity contribution is 7.18. The first kappa shape index (κ1) is 15.3. The number of aliphatic imine (C=N–C) groups is 1. The Balaban J connectivity index is 2.03. The van der Waals surface area contributed by atoms with Gasteiger partial charge in [-0.1, -0.05) is 23.5 Å². The number of nitrogens with zero attached hydrogens (tertiary/aromatic N) is 3. The molecule has 1 unspecified atom stereocenters. The lowest BCUT2D eigenvalue weighted by Crippen LogP contribution is -2.52. The van der Waals surface area contributed by atoms with E-state index in [9.17, 15) is 13.2 Å². The molecule has 0 spiro atoms. The van der Waals surface area contributed by atoms with Crippen molar-refractivity contribution in [3.05, 3.63) is 42.7 Å². The molecule has 5 nitrogen and oxygen atoms in total. The van der Waals surface area contributed by atoms with Crippen molar-refractivity contribution in [2.24, 2.45) is 10.7 Å². The maximum absolute atomic E-state index is 13.2. The third kappa shape index (κ3) is 3.00. The fraction of sp³-hybridized carbons (Fsp3) is 0.143. The van der Waals surface area contributed by atoms with Gasteiger partial charge in [-0.2, -0.15) is 13.2 Å². The lowest BCUT2D eigenvalue weighted by Gasteiger charge is -2.33. The number of halogens is 3. The zero-order valence-corrected chi connectivity index (χ0v) is 12.5. The van der Waals surface area contributed by atoms with Crippen LogP contribution < -0.4 is 16.4 Å². The Bertz CT molecular complexity index is 781. The maximum Gasteiger partial charge on any atom is 0.412 e. The first-order valence-corrected chi connectivity index (χ1v) is 7.35. The number of alkyl halides is 3. The number of hydrogen-bond donors (Lipinski definition) is 2. The second-order valence-electron chi connectivity index (χ2n) is 4.80. The summed E-state index contributed by atoms with van der Waals surface area (Å²) in [4.78, 5) is 9.43. The van der Waals surface area contributed by atoms with Crippen LogP contribution in [0.1, 0.15) is 0 Å². The van der Waals surface area contributed by atoms with E-state index in [4.69, 9.17) is 11.5 Å². The molecule has 1 aromatic heterocycles. The molecule has 0 aliphatic carbocycles. The molecule has 1 aromatic carbocycles. The SMILES string of the molecule is NC1=NC=CC(C(F)(F)F)N1c1cccc(-c2cnc(N)s2)c1. The molecule has 0 fully saturated rings. The van der Waals surface area contributed by atoms with Gasteiger partial charge in [-0.05, 0) is 23.8 Å². The van der Waals surface area contributed by atoms with Gasteiger partial charge in [-0.25, -0.2) is 9.98 Å². The van der Waals surface area contributed by atoms with Crippen LogP contribution in [0.5, 0.6) is 0 Å². The third-order valence-corrected chi connectivity index (χ3v) is 4.14. The Hall–Kier alpha value is -2.55. The van der Waals surface area contributed by atoms with E-state index in [1.54, 1.807) is 30.5 Å². The predicted octanol–water partition coefficient (Wildman–Crippen LogP) is 2.97. The average Bonchev–Trinajstić information content (AvgIpc) is 2.93. The molecule has 23 heavy (non-hydrogen) atoms. The minimum Gasteiger partial charge on any atom is -0.375 e. The van der Waals surface area contributed by atoms with Crippen LogP contribution in [0.2, 0.25) is 0 Å². The van der Waals surface area contributed by atoms with Crippen molar-refractivity contribution in [3.8, 4) is 10.4 Å². The van der Waals surface area contributed by atoms with Crippen molar-refractivity contribution in [1.29, 1.82) is 0 Å². The fourth-order valence-electron chi connectivity index (χ4n) is 2.27. The minimum absolute atomic E-state index is 0.212. The number of guanidine groups is 1. The van der Waals surface area contributed by atoms with Gasteiger partial charge >= 0.3 is 6.18 Å². The van der Waals surface area contributed by atoms with Gasteiger partial charge in [0.05, 0.1) is 4.88 Å². The molecule has 0 saturated heterocycles. The van der Waals surface area contributed by atoms with Crippen molar-refractivity contribution in [2.75, 3.05) is 10.6 Å². The van der Waals surface area contributed by atoms with Gasteiger partial charge in [0, 0.05) is 18.1 Å². The molecule has 1 aliphatic heterocycles. The number of hydrogen-bond acceptors (Lipinski definition) is 6. The van der Waals surface area contributed by atoms with Gasteiger partial charge in [-0.3, -0.25) is 4.90 Å². The summed E-state index contributed by atoms with van der Waals surface area (Å²) in [7, 11) is 0. The van der Waals surface area contributed by atoms with E-state index in [1.165, 1.54) is 11.3 Å². The Morgan fingerprint density at radius 3 is 2.65 bits per heavy atom. The zero-order valence-electron chi connectivity index (χ0n) is 11.7. The summed E-state index contributed by atoms with van der Waals surface area (Å²) < 4.78 is 39.7. The van der Waals surface area contributed by atoms with E-state index >= 15 is 0 Å². The second-order valence-corrected chi connectivity index (χ2v) is 5.86. The Morgan fingerprint density at radius 1 is 1.22 bits per heavy atom. The van der Waals surface area contributed by atoms with Gasteiger partial charge in [-0.15, -0.1) is 0 Å². The minimum atomic E-state index is -4.47. The number of rotatable bonds is 2. The van der Waals surface area contributed by atoms with E-state index in [-0.39, 0.29) is 5.96 Å². The maximum atomic E-state index is 13.2. The van der Waals surface area contributed by atoms with E-state index in [2.05, 4.69) is 9.98 Å². The summed E-state index contributed by atoms with van der Waals surface area (Å²) in [5.74, 6) is -0.212. The van der Waals surface area contributed by atoms with Crippen molar-refractivity contribution < 1.29 is 13.2 Å². The number of benzene rings is 1. The highest BCUT2D eigenvalue weighted by Gasteiger charge is 2.44. The number of nitrogen functional groups attached to an aromatic ring is 1. The van der Waals surface area contributed by atoms with E-state index in [0.29, 0.717) is 16.4 Å². The molecule has 0 bridgehead atoms. The molecule has 3 rings (SSSR count). The van der Waals surface area contributed by atoms with Crippen LogP contribution in [-0.2, 0) is 0 Å². The fourth-order valence-corrected chi connectivity index (χ4v) is 2.95. The Morgan fingerprint density at radius 2 is 2.00 bits per heavy atom. The smallest absolute Gasteiger partial charge is 0.375 e. The molecule has 4 N–H and O–H groups in total.